The number of carbonyl (C=O) groups is 1. The minimum absolute atomic E-state index is 0.351. The Bertz CT molecular complexity index is 597. The van der Waals surface area contributed by atoms with Crippen LogP contribution >= 0.6 is 27.3 Å². The first-order valence-electron chi connectivity index (χ1n) is 5.74. The molecule has 0 aliphatic rings. The van der Waals surface area contributed by atoms with Gasteiger partial charge in [-0.05, 0) is 46.6 Å². The Morgan fingerprint density at radius 1 is 1.32 bits per heavy atom. The van der Waals surface area contributed by atoms with Crippen molar-refractivity contribution >= 4 is 44.5 Å². The van der Waals surface area contributed by atoms with Gasteiger partial charge >= 0.3 is 0 Å². The first-order chi connectivity index (χ1) is 9.08. The zero-order valence-electron chi connectivity index (χ0n) is 10.2. The number of hydrogen-bond donors (Lipinski definition) is 3. The van der Waals surface area contributed by atoms with Crippen LogP contribution in [0.3, 0.4) is 0 Å². The highest BCUT2D eigenvalue weighted by molar-refractivity contribution is 9.11. The van der Waals surface area contributed by atoms with Gasteiger partial charge in [0.05, 0.1) is 20.7 Å². The lowest BCUT2D eigenvalue weighted by Gasteiger charge is -2.10. The Morgan fingerprint density at radius 2 is 2.11 bits per heavy atom. The highest BCUT2D eigenvalue weighted by Gasteiger charge is 2.08. The average Bonchev–Trinajstić information content (AvgIpc) is 2.77. The highest BCUT2D eigenvalue weighted by Crippen LogP contribution is 2.24. The van der Waals surface area contributed by atoms with Gasteiger partial charge in [-0.3, -0.25) is 4.79 Å². The molecule has 0 bridgehead atoms. The molecule has 0 atom stereocenters. The van der Waals surface area contributed by atoms with Crippen LogP contribution in [-0.2, 0) is 6.42 Å². The van der Waals surface area contributed by atoms with E-state index in [1.54, 1.807) is 23.5 Å². The number of nitrogens with two attached hydrogens (primary N) is 2. The first kappa shape index (κ1) is 13.9. The summed E-state index contributed by atoms with van der Waals surface area (Å²) in [6.07, 6.45) is 0.899. The molecule has 6 heteroatoms. The number of para-hydroxylation sites is 1. The zero-order valence-corrected chi connectivity index (χ0v) is 12.6. The molecule has 5 N–H and O–H groups in total. The fraction of sp³-hybridized carbons (Fsp3) is 0.154. The zero-order chi connectivity index (χ0) is 13.8. The van der Waals surface area contributed by atoms with Gasteiger partial charge in [0.1, 0.15) is 0 Å². The van der Waals surface area contributed by atoms with Gasteiger partial charge in [0, 0.05) is 11.4 Å². The molecular weight excluding hydrogens is 326 g/mol. The SMILES string of the molecule is NC(=O)c1cccc(NCCc2ccc(Br)s2)c1N. The number of primary amides is 1. The van der Waals surface area contributed by atoms with Crippen molar-refractivity contribution in [1.29, 1.82) is 0 Å². The van der Waals surface area contributed by atoms with Crippen molar-refractivity contribution in [2.75, 3.05) is 17.6 Å². The maximum atomic E-state index is 11.2. The molecule has 2 aromatic rings. The van der Waals surface area contributed by atoms with Crippen molar-refractivity contribution in [2.45, 2.75) is 6.42 Å². The van der Waals surface area contributed by atoms with Gasteiger partial charge in [-0.15, -0.1) is 11.3 Å². The van der Waals surface area contributed by atoms with E-state index in [1.165, 1.54) is 4.88 Å². The highest BCUT2D eigenvalue weighted by atomic mass is 79.9. The van der Waals surface area contributed by atoms with Crippen LogP contribution in [0.4, 0.5) is 11.4 Å². The molecule has 19 heavy (non-hydrogen) atoms. The maximum Gasteiger partial charge on any atom is 0.250 e. The van der Waals surface area contributed by atoms with E-state index in [0.29, 0.717) is 11.3 Å². The molecule has 0 spiro atoms. The summed E-state index contributed by atoms with van der Waals surface area (Å²) in [5, 5.41) is 3.22. The lowest BCUT2D eigenvalue weighted by Crippen LogP contribution is -2.15. The molecule has 0 saturated heterocycles. The number of nitrogen functional groups attached to an aromatic ring is 1. The van der Waals surface area contributed by atoms with Crippen LogP contribution in [0.15, 0.2) is 34.1 Å². The van der Waals surface area contributed by atoms with Gasteiger partial charge in [-0.1, -0.05) is 6.07 Å². The van der Waals surface area contributed by atoms with Crippen LogP contribution in [0.25, 0.3) is 0 Å². The first-order valence-corrected chi connectivity index (χ1v) is 7.35. The largest absolute Gasteiger partial charge is 0.396 e. The lowest BCUT2D eigenvalue weighted by atomic mass is 10.1. The topological polar surface area (TPSA) is 81.1 Å². The van der Waals surface area contributed by atoms with Gasteiger partial charge in [0.25, 0.3) is 5.91 Å². The Labute approximate surface area is 123 Å². The number of hydrogen-bond acceptors (Lipinski definition) is 4. The third-order valence-electron chi connectivity index (χ3n) is 2.69. The second-order valence-electron chi connectivity index (χ2n) is 4.01. The number of rotatable bonds is 5. The van der Waals surface area contributed by atoms with Crippen molar-refractivity contribution in [1.82, 2.24) is 0 Å². The fourth-order valence-corrected chi connectivity index (χ4v) is 3.22. The van der Waals surface area contributed by atoms with E-state index in [2.05, 4.69) is 27.3 Å². The monoisotopic (exact) mass is 339 g/mol. The van der Waals surface area contributed by atoms with Crippen LogP contribution in [0.1, 0.15) is 15.2 Å². The summed E-state index contributed by atoms with van der Waals surface area (Å²) in [6.45, 7) is 0.749. The minimum Gasteiger partial charge on any atom is -0.396 e. The van der Waals surface area contributed by atoms with Gasteiger partial charge in [0.2, 0.25) is 0 Å². The van der Waals surface area contributed by atoms with Crippen LogP contribution in [0, 0.1) is 0 Å². The number of amides is 1. The maximum absolute atomic E-state index is 11.2. The standard InChI is InChI=1S/C13H14BrN3OS/c14-11-5-4-8(19-11)6-7-17-10-3-1-2-9(12(10)15)13(16)18/h1-5,17H,6-7,15H2,(H2,16,18). The minimum atomic E-state index is -0.511. The second kappa shape index (κ2) is 6.08. The normalized spacial score (nSPS) is 10.4. The molecule has 0 fully saturated rings. The molecule has 4 nitrogen and oxygen atoms in total. The summed E-state index contributed by atoms with van der Waals surface area (Å²) in [6, 6.07) is 9.34. The molecule has 0 aliphatic heterocycles. The quantitative estimate of drug-likeness (QED) is 0.732. The van der Waals surface area contributed by atoms with Crippen LogP contribution in [0.2, 0.25) is 0 Å². The van der Waals surface area contributed by atoms with Crippen LogP contribution in [0.5, 0.6) is 0 Å². The number of carbonyl (C=O) groups excluding carboxylic acids is 1. The lowest BCUT2D eigenvalue weighted by molar-refractivity contribution is 0.100. The predicted molar refractivity (Wildman–Crippen MR) is 83.6 cm³/mol. The fourth-order valence-electron chi connectivity index (χ4n) is 1.74. The van der Waals surface area contributed by atoms with E-state index in [1.807, 2.05) is 12.1 Å². The van der Waals surface area contributed by atoms with E-state index >= 15 is 0 Å². The third-order valence-corrected chi connectivity index (χ3v) is 4.37. The Morgan fingerprint density at radius 3 is 2.74 bits per heavy atom. The number of benzene rings is 1. The average molecular weight is 340 g/mol. The number of halogens is 1. The molecule has 1 aromatic carbocycles. The Balaban J connectivity index is 2.00. The third kappa shape index (κ3) is 3.48. The summed E-state index contributed by atoms with van der Waals surface area (Å²) >= 11 is 5.14. The van der Waals surface area contributed by atoms with E-state index in [4.69, 9.17) is 11.5 Å². The summed E-state index contributed by atoms with van der Waals surface area (Å²) in [4.78, 5) is 12.5. The number of anilines is 2. The summed E-state index contributed by atoms with van der Waals surface area (Å²) in [7, 11) is 0. The second-order valence-corrected chi connectivity index (χ2v) is 6.56. The molecule has 100 valence electrons. The van der Waals surface area contributed by atoms with Crippen molar-refractivity contribution in [2.24, 2.45) is 5.73 Å². The van der Waals surface area contributed by atoms with Crippen molar-refractivity contribution in [3.63, 3.8) is 0 Å². The molecule has 1 amide bonds. The van der Waals surface area contributed by atoms with Gasteiger partial charge in [0.15, 0.2) is 0 Å². The van der Waals surface area contributed by atoms with Crippen molar-refractivity contribution < 1.29 is 4.79 Å². The Hall–Kier alpha value is -1.53. The molecule has 0 saturated carbocycles. The summed E-state index contributed by atoms with van der Waals surface area (Å²) < 4.78 is 1.12. The Kier molecular flexibility index (Phi) is 4.44. The van der Waals surface area contributed by atoms with Crippen molar-refractivity contribution in [3.05, 3.63) is 44.6 Å². The smallest absolute Gasteiger partial charge is 0.250 e. The summed E-state index contributed by atoms with van der Waals surface area (Å²) in [5.41, 5.74) is 12.7. The van der Waals surface area contributed by atoms with E-state index in [9.17, 15) is 4.79 Å². The van der Waals surface area contributed by atoms with E-state index in [-0.39, 0.29) is 0 Å². The molecular formula is C13H14BrN3OS. The van der Waals surface area contributed by atoms with Crippen LogP contribution in [-0.4, -0.2) is 12.5 Å². The van der Waals surface area contributed by atoms with Gasteiger partial charge in [-0.25, -0.2) is 0 Å². The van der Waals surface area contributed by atoms with Crippen LogP contribution < -0.4 is 16.8 Å². The van der Waals surface area contributed by atoms with E-state index in [0.717, 1.165) is 22.4 Å². The van der Waals surface area contributed by atoms with Gasteiger partial charge < -0.3 is 16.8 Å². The van der Waals surface area contributed by atoms with E-state index < -0.39 is 5.91 Å². The molecule has 0 aliphatic carbocycles. The number of nitrogens with one attached hydrogen (secondary N) is 1. The molecule has 0 radical (unpaired) electrons. The predicted octanol–water partition coefficient (Wildman–Crippen LogP) is 2.85. The summed E-state index contributed by atoms with van der Waals surface area (Å²) in [5.74, 6) is -0.511. The molecule has 1 heterocycles. The van der Waals surface area contributed by atoms with Crippen molar-refractivity contribution in [3.8, 4) is 0 Å². The van der Waals surface area contributed by atoms with Gasteiger partial charge in [-0.2, -0.15) is 0 Å². The molecule has 0 unspecified atom stereocenters. The number of thiophene rings is 1. The molecule has 1 aromatic heterocycles. The molecule has 2 rings (SSSR count).